The van der Waals surface area contributed by atoms with Crippen LogP contribution < -0.4 is 0 Å². The van der Waals surface area contributed by atoms with Crippen molar-refractivity contribution < 1.29 is 15.0 Å². The molecule has 1 atom stereocenters. The van der Waals surface area contributed by atoms with Crippen LogP contribution in [0.15, 0.2) is 60.8 Å². The van der Waals surface area contributed by atoms with E-state index in [1.165, 1.54) is 38.2 Å². The molecule has 0 aromatic carbocycles. The van der Waals surface area contributed by atoms with Crippen molar-refractivity contribution >= 4 is 5.97 Å². The molecular formula is C20H30O3. The second-order valence-corrected chi connectivity index (χ2v) is 5.36. The maximum atomic E-state index is 10.2. The average molecular weight is 318 g/mol. The van der Waals surface area contributed by atoms with Crippen molar-refractivity contribution in [1.82, 2.24) is 0 Å². The van der Waals surface area contributed by atoms with Gasteiger partial charge in [0, 0.05) is 6.08 Å². The fourth-order valence-electron chi connectivity index (χ4n) is 1.95. The van der Waals surface area contributed by atoms with E-state index in [1.54, 1.807) is 12.2 Å². The van der Waals surface area contributed by atoms with Gasteiger partial charge in [-0.3, -0.25) is 0 Å². The molecule has 0 unspecified atom stereocenters. The van der Waals surface area contributed by atoms with E-state index in [1.807, 2.05) is 36.5 Å². The molecule has 0 aromatic rings. The van der Waals surface area contributed by atoms with Crippen LogP contribution in [0.3, 0.4) is 0 Å². The first-order valence-corrected chi connectivity index (χ1v) is 8.42. The number of carboxylic acid groups (broad SMARTS) is 1. The molecule has 0 heterocycles. The molecule has 0 aliphatic carbocycles. The lowest BCUT2D eigenvalue weighted by atomic mass is 10.1. The third kappa shape index (κ3) is 18.1. The number of aliphatic hydroxyl groups is 1. The molecule has 0 saturated carbocycles. The first-order valence-electron chi connectivity index (χ1n) is 8.42. The van der Waals surface area contributed by atoms with E-state index >= 15 is 0 Å². The molecule has 23 heavy (non-hydrogen) atoms. The van der Waals surface area contributed by atoms with E-state index in [4.69, 9.17) is 5.11 Å². The van der Waals surface area contributed by atoms with Crippen LogP contribution in [-0.2, 0) is 4.79 Å². The van der Waals surface area contributed by atoms with Gasteiger partial charge in [0.25, 0.3) is 0 Å². The minimum Gasteiger partial charge on any atom is -0.478 e. The van der Waals surface area contributed by atoms with Gasteiger partial charge in [-0.15, -0.1) is 0 Å². The Kier molecular flexibility index (Phi) is 15.2. The fourth-order valence-corrected chi connectivity index (χ4v) is 1.95. The summed E-state index contributed by atoms with van der Waals surface area (Å²) in [6.07, 6.45) is 24.9. The molecule has 0 aliphatic heterocycles. The minimum atomic E-state index is -0.955. The highest BCUT2D eigenvalue weighted by Crippen LogP contribution is 2.09. The Balaban J connectivity index is 3.71. The van der Waals surface area contributed by atoms with Gasteiger partial charge >= 0.3 is 5.97 Å². The van der Waals surface area contributed by atoms with E-state index in [-0.39, 0.29) is 6.10 Å². The van der Waals surface area contributed by atoms with Crippen LogP contribution in [0.2, 0.25) is 0 Å². The summed E-state index contributed by atoms with van der Waals surface area (Å²) >= 11 is 0. The van der Waals surface area contributed by atoms with E-state index in [2.05, 4.69) is 6.92 Å². The highest BCUT2D eigenvalue weighted by atomic mass is 16.4. The Bertz CT molecular complexity index is 428. The summed E-state index contributed by atoms with van der Waals surface area (Å²) in [5.74, 6) is -0.955. The summed E-state index contributed by atoms with van der Waals surface area (Å²) in [6.45, 7) is 2.21. The summed E-state index contributed by atoms with van der Waals surface area (Å²) in [5, 5.41) is 18.2. The van der Waals surface area contributed by atoms with Crippen LogP contribution in [0.4, 0.5) is 0 Å². The van der Waals surface area contributed by atoms with Gasteiger partial charge in [-0.05, 0) is 6.42 Å². The number of rotatable bonds is 13. The lowest BCUT2D eigenvalue weighted by Gasteiger charge is -2.04. The van der Waals surface area contributed by atoms with E-state index < -0.39 is 5.97 Å². The molecule has 0 fully saturated rings. The number of unbranched alkanes of at least 4 members (excludes halogenated alkanes) is 5. The Morgan fingerprint density at radius 3 is 1.96 bits per heavy atom. The minimum absolute atomic E-state index is 0.365. The smallest absolute Gasteiger partial charge is 0.328 e. The molecule has 0 aliphatic rings. The number of carbonyl (C=O) groups is 1. The SMILES string of the molecule is CCCCCCCC[C@H](O)C=CC=CC=CC=CC=CC(=O)O. The van der Waals surface area contributed by atoms with E-state index in [9.17, 15) is 9.90 Å². The molecular weight excluding hydrogens is 288 g/mol. The van der Waals surface area contributed by atoms with Crippen molar-refractivity contribution in [2.75, 3.05) is 0 Å². The van der Waals surface area contributed by atoms with Crippen molar-refractivity contribution in [1.29, 1.82) is 0 Å². The summed E-state index contributed by atoms with van der Waals surface area (Å²) in [7, 11) is 0. The number of aliphatic carboxylic acids is 1. The Morgan fingerprint density at radius 1 is 0.826 bits per heavy atom. The average Bonchev–Trinajstić information content (AvgIpc) is 2.52. The monoisotopic (exact) mass is 318 g/mol. The highest BCUT2D eigenvalue weighted by Gasteiger charge is 1.97. The standard InChI is InChI=1S/C20H30O3/c1-2-3-4-5-10-13-16-19(21)17-14-11-8-6-7-9-12-15-18-20(22)23/h6-9,11-12,14-15,17-19,21H,2-5,10,13,16H2,1H3,(H,22,23)/t19-/m0/s1. The van der Waals surface area contributed by atoms with Crippen molar-refractivity contribution in [3.63, 3.8) is 0 Å². The van der Waals surface area contributed by atoms with Gasteiger partial charge in [-0.1, -0.05) is 100 Å². The van der Waals surface area contributed by atoms with Gasteiger partial charge < -0.3 is 10.2 Å². The first-order chi connectivity index (χ1) is 11.2. The zero-order chi connectivity index (χ0) is 17.2. The van der Waals surface area contributed by atoms with Crippen LogP contribution in [0.5, 0.6) is 0 Å². The largest absolute Gasteiger partial charge is 0.478 e. The topological polar surface area (TPSA) is 57.5 Å². The van der Waals surface area contributed by atoms with Crippen molar-refractivity contribution in [2.24, 2.45) is 0 Å². The van der Waals surface area contributed by atoms with Crippen LogP contribution in [0.1, 0.15) is 51.9 Å². The predicted molar refractivity (Wildman–Crippen MR) is 97.3 cm³/mol. The third-order valence-corrected chi connectivity index (χ3v) is 3.20. The normalized spacial score (nSPS) is 14.2. The van der Waals surface area contributed by atoms with Crippen molar-refractivity contribution in [2.45, 2.75) is 58.0 Å². The first kappa shape index (κ1) is 21.1. The number of carboxylic acids is 1. The summed E-state index contributed by atoms with van der Waals surface area (Å²) < 4.78 is 0. The Morgan fingerprint density at radius 2 is 1.35 bits per heavy atom. The summed E-state index contributed by atoms with van der Waals surface area (Å²) in [6, 6.07) is 0. The molecule has 128 valence electrons. The third-order valence-electron chi connectivity index (χ3n) is 3.20. The molecule has 3 heteroatoms. The van der Waals surface area contributed by atoms with Gasteiger partial charge in [0.15, 0.2) is 0 Å². The zero-order valence-electron chi connectivity index (χ0n) is 14.1. The molecule has 0 saturated heterocycles. The number of hydrogen-bond donors (Lipinski definition) is 2. The molecule has 0 bridgehead atoms. The summed E-state index contributed by atoms with van der Waals surface area (Å²) in [5.41, 5.74) is 0. The number of hydrogen-bond acceptors (Lipinski definition) is 2. The maximum absolute atomic E-state index is 10.2. The van der Waals surface area contributed by atoms with Gasteiger partial charge in [0.1, 0.15) is 0 Å². The van der Waals surface area contributed by atoms with Crippen molar-refractivity contribution in [3.8, 4) is 0 Å². The van der Waals surface area contributed by atoms with Gasteiger partial charge in [0.2, 0.25) is 0 Å². The van der Waals surface area contributed by atoms with E-state index in [0.29, 0.717) is 0 Å². The molecule has 2 N–H and O–H groups in total. The van der Waals surface area contributed by atoms with Gasteiger partial charge in [-0.25, -0.2) is 4.79 Å². The van der Waals surface area contributed by atoms with Crippen LogP contribution in [0, 0.1) is 0 Å². The molecule has 0 radical (unpaired) electrons. The molecule has 0 spiro atoms. The second-order valence-electron chi connectivity index (χ2n) is 5.36. The molecule has 0 rings (SSSR count). The van der Waals surface area contributed by atoms with Gasteiger partial charge in [0.05, 0.1) is 6.10 Å². The Hall–Kier alpha value is -1.87. The maximum Gasteiger partial charge on any atom is 0.328 e. The fraction of sp³-hybridized carbons (Fsp3) is 0.450. The van der Waals surface area contributed by atoms with Crippen LogP contribution in [0.25, 0.3) is 0 Å². The van der Waals surface area contributed by atoms with E-state index in [0.717, 1.165) is 18.9 Å². The van der Waals surface area contributed by atoms with Gasteiger partial charge in [-0.2, -0.15) is 0 Å². The lowest BCUT2D eigenvalue weighted by molar-refractivity contribution is -0.131. The number of allylic oxidation sites excluding steroid dienone is 8. The summed E-state index contributed by atoms with van der Waals surface area (Å²) in [4.78, 5) is 10.2. The molecule has 0 aromatic heterocycles. The lowest BCUT2D eigenvalue weighted by Crippen LogP contribution is -2.01. The Labute approximate surface area is 140 Å². The zero-order valence-corrected chi connectivity index (χ0v) is 14.1. The second kappa shape index (κ2) is 16.5. The number of aliphatic hydroxyl groups excluding tert-OH is 1. The predicted octanol–water partition coefficient (Wildman–Crippen LogP) is 4.96. The molecule has 3 nitrogen and oxygen atoms in total. The van der Waals surface area contributed by atoms with Crippen LogP contribution >= 0.6 is 0 Å². The van der Waals surface area contributed by atoms with Crippen LogP contribution in [-0.4, -0.2) is 22.3 Å². The quantitative estimate of drug-likeness (QED) is 0.286. The highest BCUT2D eigenvalue weighted by molar-refractivity contribution is 5.80. The molecule has 0 amide bonds. The van der Waals surface area contributed by atoms with Crippen molar-refractivity contribution in [3.05, 3.63) is 60.8 Å².